The first-order valence-electron chi connectivity index (χ1n) is 20.1. The molecule has 32 heteroatoms. The van der Waals surface area contributed by atoms with Crippen LogP contribution in [0.4, 0.5) is 9.59 Å². The number of aliphatic hydroxyl groups is 2. The van der Waals surface area contributed by atoms with E-state index in [2.05, 4.69) is 20.0 Å². The number of hydrogen-bond acceptors (Lipinski definition) is 26. The Labute approximate surface area is 518 Å². The Kier molecular flexibility index (Phi) is 67.2. The number of benzene rings is 4. The molecule has 0 amide bonds. The predicted molar refractivity (Wildman–Crippen MR) is 246 cm³/mol. The average molecular weight is 1470 g/mol. The molecule has 0 unspecified atom stereocenters. The third-order valence-electron chi connectivity index (χ3n) is 7.15. The van der Waals surface area contributed by atoms with Gasteiger partial charge in [0.25, 0.3) is 0 Å². The molecular formula is C44H52Cu2Dy2N6O22. The summed E-state index contributed by atoms with van der Waals surface area (Å²) in [5.41, 5.74) is 2.01. The van der Waals surface area contributed by atoms with Crippen LogP contribution in [-0.2, 0) is 34.1 Å². The Morgan fingerprint density at radius 1 is 0.474 bits per heavy atom. The van der Waals surface area contributed by atoms with Gasteiger partial charge in [-0.05, 0) is 85.5 Å². The second-order valence-corrected chi connectivity index (χ2v) is 11.8. The van der Waals surface area contributed by atoms with Crippen LogP contribution in [0.1, 0.15) is 48.9 Å². The van der Waals surface area contributed by atoms with E-state index in [-0.39, 0.29) is 133 Å². The number of carboxylic acid groups (broad SMARTS) is 4. The summed E-state index contributed by atoms with van der Waals surface area (Å²) in [4.78, 5) is 50.2. The second kappa shape index (κ2) is 58.7. The Bertz CT molecular complexity index is 2070. The van der Waals surface area contributed by atoms with Gasteiger partial charge in [0.1, 0.15) is 23.0 Å². The minimum atomic E-state index is -2.33. The molecule has 0 aliphatic heterocycles. The number of ether oxygens (including phenoxy) is 4. The number of nitrogens with zero attached hydrogens (tertiary/aromatic N) is 6. The van der Waals surface area contributed by atoms with Crippen molar-refractivity contribution >= 4 is 37.2 Å². The number of carbonyl (C=O) groups excluding carboxylic acids is 2. The van der Waals surface area contributed by atoms with Gasteiger partial charge < -0.3 is 110 Å². The van der Waals surface area contributed by atoms with E-state index in [0.29, 0.717) is 97.5 Å². The van der Waals surface area contributed by atoms with Crippen LogP contribution in [0.15, 0.2) is 92.8 Å². The van der Waals surface area contributed by atoms with Crippen LogP contribution in [-0.4, -0.2) is 125 Å². The summed E-state index contributed by atoms with van der Waals surface area (Å²) in [5.74, 6) is 0.639. The third kappa shape index (κ3) is 48.1. The minimum Gasteiger partial charge on any atom is -0.870 e. The van der Waals surface area contributed by atoms with Gasteiger partial charge in [0, 0.05) is 65.3 Å². The van der Waals surface area contributed by atoms with Crippen molar-refractivity contribution in [2.45, 2.75) is 26.7 Å². The van der Waals surface area contributed by atoms with Crippen LogP contribution in [0.2, 0.25) is 0 Å². The Balaban J connectivity index is -0.000000144. The molecule has 0 aliphatic carbocycles. The summed E-state index contributed by atoms with van der Waals surface area (Å²) >= 11 is 0. The number of aliphatic imine (C=N–C) groups is 4. The van der Waals surface area contributed by atoms with E-state index in [1.54, 1.807) is 97.7 Å². The molecule has 0 aliphatic rings. The number of rotatable bonds is 18. The van der Waals surface area contributed by atoms with Gasteiger partial charge in [-0.1, -0.05) is 71.5 Å². The fourth-order valence-corrected chi connectivity index (χ4v) is 4.56. The fraction of sp³-hybridized carbons (Fsp3) is 0.318. The van der Waals surface area contributed by atoms with E-state index in [9.17, 15) is 20.4 Å². The molecule has 0 saturated carbocycles. The fourth-order valence-electron chi connectivity index (χ4n) is 4.56. The van der Waals surface area contributed by atoms with Crippen molar-refractivity contribution in [3.8, 4) is 46.0 Å². The van der Waals surface area contributed by atoms with Gasteiger partial charge in [0.2, 0.25) is 0 Å². The first-order chi connectivity index (χ1) is 34.3. The summed E-state index contributed by atoms with van der Waals surface area (Å²) < 4.78 is 20.5. The number of aliphatic hydroxyl groups excluding tert-OH is 2. The summed E-state index contributed by atoms with van der Waals surface area (Å²) in [6.45, 7) is 6.73. The average Bonchev–Trinajstić information content (AvgIpc) is 3.32. The van der Waals surface area contributed by atoms with Crippen LogP contribution in [0, 0.1) is 107 Å². The maximum atomic E-state index is 12.1. The predicted octanol–water partition coefficient (Wildman–Crippen LogP) is -1.82. The molecule has 0 saturated heterocycles. The van der Waals surface area contributed by atoms with Crippen molar-refractivity contribution in [2.75, 3.05) is 67.8 Å². The van der Waals surface area contributed by atoms with Crippen molar-refractivity contribution in [1.29, 1.82) is 0 Å². The zero-order chi connectivity index (χ0) is 55.9. The first kappa shape index (κ1) is 87.1. The molecule has 432 valence electrons. The molecule has 2 N–H and O–H groups in total. The van der Waals surface area contributed by atoms with E-state index in [1.165, 1.54) is 14.2 Å². The smallest absolute Gasteiger partial charge is 0.870 e. The summed E-state index contributed by atoms with van der Waals surface area (Å²) in [6.07, 6.45) is 2.99. The van der Waals surface area contributed by atoms with Gasteiger partial charge in [0.05, 0.1) is 37.6 Å². The summed E-state index contributed by atoms with van der Waals surface area (Å²) in [6, 6.07) is 20.4. The zero-order valence-electron chi connectivity index (χ0n) is 40.9. The Hall–Kier alpha value is -5.60. The Morgan fingerprint density at radius 2 is 0.658 bits per heavy atom. The monoisotopic (exact) mass is 1470 g/mol. The molecule has 0 heterocycles. The van der Waals surface area contributed by atoms with Crippen molar-refractivity contribution in [2.24, 2.45) is 20.0 Å². The quantitative estimate of drug-likeness (QED) is 0.0364. The molecule has 0 aromatic heterocycles. The largest absolute Gasteiger partial charge is 3.00 e. The van der Waals surface area contributed by atoms with Gasteiger partial charge in [-0.2, -0.15) is 0 Å². The first-order valence-corrected chi connectivity index (χ1v) is 20.1. The van der Waals surface area contributed by atoms with Gasteiger partial charge in [-0.15, -0.1) is 0 Å². The van der Waals surface area contributed by atoms with Crippen LogP contribution >= 0.6 is 0 Å². The SMILES string of the molecule is CCOc1cccc(C=NCCCN=Cc2cccc(OC)c2[O-])c1[O-].CCOc1cccc(C=NCCCN=Cc2cccc(OC)c2[O-])c1[O-].CO.CO.O=C([O-])[O-].O=C([O-])[O-].O=[N+]([O-])[O-].O=[N+]([O-])[O-].[Cu+2].[Cu+2].[Dy+3].[Dy+3]. The molecule has 28 nitrogen and oxygen atoms in total. The van der Waals surface area contributed by atoms with Gasteiger partial charge in [-0.25, -0.2) is 0 Å². The van der Waals surface area contributed by atoms with Crippen molar-refractivity contribution in [3.63, 3.8) is 0 Å². The summed E-state index contributed by atoms with van der Waals surface area (Å²) in [5, 5.41) is 125. The third-order valence-corrected chi connectivity index (χ3v) is 7.15. The molecule has 0 atom stereocenters. The van der Waals surface area contributed by atoms with Crippen LogP contribution in [0.5, 0.6) is 46.0 Å². The molecule has 0 spiro atoms. The molecule has 4 aromatic rings. The topological polar surface area (TPSA) is 478 Å². The van der Waals surface area contributed by atoms with Crippen LogP contribution < -0.4 is 59.8 Å². The molecular weight excluding hydrogens is 1420 g/mol. The van der Waals surface area contributed by atoms with E-state index < -0.39 is 22.5 Å². The molecule has 0 fully saturated rings. The number of methoxy groups -OCH3 is 2. The van der Waals surface area contributed by atoms with E-state index >= 15 is 0 Å². The van der Waals surface area contributed by atoms with Crippen LogP contribution in [0.3, 0.4) is 0 Å². The number of carbonyl (C=O) groups is 2. The summed E-state index contributed by atoms with van der Waals surface area (Å²) in [7, 11) is 4.93. The normalized spacial score (nSPS) is 9.16. The van der Waals surface area contributed by atoms with Crippen molar-refractivity contribution in [3.05, 3.63) is 126 Å². The van der Waals surface area contributed by atoms with Crippen molar-refractivity contribution in [1.82, 2.24) is 0 Å². The van der Waals surface area contributed by atoms with Crippen LogP contribution in [0.25, 0.3) is 0 Å². The molecule has 4 aromatic carbocycles. The van der Waals surface area contributed by atoms with Gasteiger partial charge in [0.15, 0.2) is 0 Å². The zero-order valence-corrected chi connectivity index (χ0v) is 46.8. The molecule has 0 bridgehead atoms. The van der Waals surface area contributed by atoms with E-state index in [4.69, 9.17) is 89.8 Å². The van der Waals surface area contributed by atoms with E-state index in [1.807, 2.05) is 13.8 Å². The molecule has 4 radical (unpaired) electrons. The maximum absolute atomic E-state index is 12.1. The molecule has 76 heavy (non-hydrogen) atoms. The van der Waals surface area contributed by atoms with Crippen molar-refractivity contribution < 1.29 is 200 Å². The van der Waals surface area contributed by atoms with Gasteiger partial charge >= 0.3 is 110 Å². The molecule has 4 rings (SSSR count). The number of para-hydroxylation sites is 4. The number of hydrogen-bond donors (Lipinski definition) is 2. The van der Waals surface area contributed by atoms with Gasteiger partial charge in [-0.3, -0.25) is 20.0 Å². The minimum absolute atomic E-state index is 0. The maximum Gasteiger partial charge on any atom is 3.00 e. The Morgan fingerprint density at radius 3 is 0.842 bits per heavy atom. The second-order valence-electron chi connectivity index (χ2n) is 11.8. The van der Waals surface area contributed by atoms with E-state index in [0.717, 1.165) is 14.2 Å². The standard InChI is InChI=1S/2C20H24N2O4.2CH2O3.2CH4O.2Cu.2Dy.2NO3/c2*1-3-26-18-10-5-8-16(20(18)24)14-22-12-6-11-21-13-15-7-4-9-17(25-2)19(15)23;2*2-1(3)4;2*1-2;;;;;2*2-1(3)4/h2*4-5,7-10,13-14,23-24H,3,6,11-12H2,1-2H3;2*(H2,2,3,4);2*2H,1H3;;;;;;/q;;;;;;2*+2;2*+3;2*-1/p-8.